The van der Waals surface area contributed by atoms with E-state index in [4.69, 9.17) is 4.42 Å². The summed E-state index contributed by atoms with van der Waals surface area (Å²) in [6.45, 7) is 0. The maximum absolute atomic E-state index is 12.1. The van der Waals surface area contributed by atoms with Gasteiger partial charge in [0.05, 0.1) is 5.75 Å². The Kier molecular flexibility index (Phi) is 6.27. The van der Waals surface area contributed by atoms with E-state index >= 15 is 0 Å². The molecule has 2 aromatic rings. The Morgan fingerprint density at radius 2 is 2.04 bits per heavy atom. The molecule has 3 rings (SSSR count). The summed E-state index contributed by atoms with van der Waals surface area (Å²) >= 11 is 1.22. The van der Waals surface area contributed by atoms with Crippen LogP contribution in [-0.4, -0.2) is 34.8 Å². The van der Waals surface area contributed by atoms with Gasteiger partial charge in [-0.3, -0.25) is 9.59 Å². The van der Waals surface area contributed by atoms with E-state index in [-0.39, 0.29) is 17.6 Å². The van der Waals surface area contributed by atoms with Gasteiger partial charge in [-0.25, -0.2) is 0 Å². The first-order valence-corrected chi connectivity index (χ1v) is 9.72. The Morgan fingerprint density at radius 3 is 2.81 bits per heavy atom. The molecule has 1 aromatic heterocycles. The lowest BCUT2D eigenvalue weighted by molar-refractivity contribution is -0.113. The molecule has 0 radical (unpaired) electrons. The second kappa shape index (κ2) is 8.84. The fourth-order valence-electron chi connectivity index (χ4n) is 3.00. The van der Waals surface area contributed by atoms with Crippen molar-refractivity contribution in [1.29, 1.82) is 0 Å². The van der Waals surface area contributed by atoms with Crippen LogP contribution in [0.25, 0.3) is 0 Å². The molecule has 0 bridgehead atoms. The van der Waals surface area contributed by atoms with Crippen LogP contribution in [-0.2, 0) is 4.79 Å². The number of nitrogens with one attached hydrogen (secondary N) is 2. The molecular weight excluding hydrogens is 352 g/mol. The molecule has 1 aliphatic carbocycles. The monoisotopic (exact) mass is 374 g/mol. The second-order valence-corrected chi connectivity index (χ2v) is 7.16. The van der Waals surface area contributed by atoms with Crippen LogP contribution < -0.4 is 10.6 Å². The molecule has 8 heteroatoms. The van der Waals surface area contributed by atoms with Gasteiger partial charge in [0.15, 0.2) is 0 Å². The zero-order valence-electron chi connectivity index (χ0n) is 14.7. The van der Waals surface area contributed by atoms with Crippen molar-refractivity contribution in [3.05, 3.63) is 35.7 Å². The third kappa shape index (κ3) is 4.85. The molecule has 1 saturated carbocycles. The number of benzene rings is 1. The van der Waals surface area contributed by atoms with Crippen LogP contribution in [0.4, 0.5) is 5.69 Å². The van der Waals surface area contributed by atoms with Crippen molar-refractivity contribution in [2.45, 2.75) is 43.2 Å². The Balaban J connectivity index is 1.51. The van der Waals surface area contributed by atoms with Gasteiger partial charge >= 0.3 is 0 Å². The van der Waals surface area contributed by atoms with Gasteiger partial charge in [-0.05, 0) is 31.0 Å². The number of hydrogen-bond acceptors (Lipinski definition) is 6. The van der Waals surface area contributed by atoms with Crippen molar-refractivity contribution in [2.24, 2.45) is 0 Å². The first-order chi connectivity index (χ1) is 12.7. The largest absolute Gasteiger partial charge is 0.416 e. The van der Waals surface area contributed by atoms with Crippen LogP contribution in [0, 0.1) is 0 Å². The van der Waals surface area contributed by atoms with E-state index in [0.29, 0.717) is 28.3 Å². The van der Waals surface area contributed by atoms with Gasteiger partial charge in [0.25, 0.3) is 11.1 Å². The molecule has 1 fully saturated rings. The number of carbonyl (C=O) groups excluding carboxylic acids is 2. The number of anilines is 1. The van der Waals surface area contributed by atoms with Gasteiger partial charge in [-0.15, -0.1) is 10.2 Å². The van der Waals surface area contributed by atoms with Crippen molar-refractivity contribution in [2.75, 3.05) is 18.1 Å². The van der Waals surface area contributed by atoms with Gasteiger partial charge < -0.3 is 15.1 Å². The highest BCUT2D eigenvalue weighted by molar-refractivity contribution is 7.99. The lowest BCUT2D eigenvalue weighted by Gasteiger charge is -2.17. The average molecular weight is 374 g/mol. The van der Waals surface area contributed by atoms with E-state index < -0.39 is 0 Å². The molecule has 0 aliphatic heterocycles. The number of aromatic nitrogens is 2. The topological polar surface area (TPSA) is 97.1 Å². The Hall–Kier alpha value is -2.35. The molecule has 0 spiro atoms. The van der Waals surface area contributed by atoms with Crippen LogP contribution in [0.3, 0.4) is 0 Å². The number of hydrogen-bond donors (Lipinski definition) is 2. The van der Waals surface area contributed by atoms with Crippen molar-refractivity contribution in [1.82, 2.24) is 15.5 Å². The molecule has 138 valence electrons. The van der Waals surface area contributed by atoms with Crippen LogP contribution in [0.15, 0.2) is 33.9 Å². The Labute approximate surface area is 156 Å². The SMILES string of the molecule is CNC(=O)c1cccc(NC(=O)CSc2nnc(C3CCCCC3)o2)c1. The van der Waals surface area contributed by atoms with Crippen molar-refractivity contribution >= 4 is 29.3 Å². The van der Waals surface area contributed by atoms with E-state index in [0.717, 1.165) is 12.8 Å². The molecule has 2 amide bonds. The van der Waals surface area contributed by atoms with Gasteiger partial charge in [-0.1, -0.05) is 37.1 Å². The zero-order valence-corrected chi connectivity index (χ0v) is 15.5. The predicted octanol–water partition coefficient (Wildman–Crippen LogP) is 3.21. The fraction of sp³-hybridized carbons (Fsp3) is 0.444. The minimum Gasteiger partial charge on any atom is -0.416 e. The summed E-state index contributed by atoms with van der Waals surface area (Å²) in [5.74, 6) is 0.812. The Bertz CT molecular complexity index is 771. The third-order valence-corrected chi connectivity index (χ3v) is 5.16. The lowest BCUT2D eigenvalue weighted by Crippen LogP contribution is -2.19. The molecular formula is C18H22N4O3S. The highest BCUT2D eigenvalue weighted by Gasteiger charge is 2.21. The molecule has 0 unspecified atom stereocenters. The zero-order chi connectivity index (χ0) is 18.4. The number of rotatable bonds is 6. The van der Waals surface area contributed by atoms with E-state index in [9.17, 15) is 9.59 Å². The summed E-state index contributed by atoms with van der Waals surface area (Å²) < 4.78 is 5.70. The highest BCUT2D eigenvalue weighted by atomic mass is 32.2. The van der Waals surface area contributed by atoms with Crippen LogP contribution in [0.1, 0.15) is 54.3 Å². The van der Waals surface area contributed by atoms with E-state index in [2.05, 4.69) is 20.8 Å². The predicted molar refractivity (Wildman–Crippen MR) is 99.3 cm³/mol. The van der Waals surface area contributed by atoms with Gasteiger partial charge in [-0.2, -0.15) is 0 Å². The Morgan fingerprint density at radius 1 is 1.23 bits per heavy atom. The molecule has 2 N–H and O–H groups in total. The van der Waals surface area contributed by atoms with E-state index in [1.807, 2.05) is 0 Å². The molecule has 26 heavy (non-hydrogen) atoms. The first kappa shape index (κ1) is 18.4. The number of amides is 2. The number of carbonyl (C=O) groups is 2. The lowest BCUT2D eigenvalue weighted by atomic mass is 9.89. The summed E-state index contributed by atoms with van der Waals surface area (Å²) in [6.07, 6.45) is 5.86. The van der Waals surface area contributed by atoms with Gasteiger partial charge in [0.1, 0.15) is 0 Å². The summed E-state index contributed by atoms with van der Waals surface area (Å²) in [7, 11) is 1.57. The highest BCUT2D eigenvalue weighted by Crippen LogP contribution is 2.32. The normalized spacial score (nSPS) is 14.8. The molecule has 7 nitrogen and oxygen atoms in total. The summed E-state index contributed by atoms with van der Waals surface area (Å²) in [5, 5.41) is 13.9. The van der Waals surface area contributed by atoms with Crippen molar-refractivity contribution in [3.63, 3.8) is 0 Å². The van der Waals surface area contributed by atoms with E-state index in [1.165, 1.54) is 31.0 Å². The summed E-state index contributed by atoms with van der Waals surface area (Å²) in [5.41, 5.74) is 1.07. The standard InChI is InChI=1S/C18H22N4O3S/c1-19-16(24)13-8-5-9-14(10-13)20-15(23)11-26-18-22-21-17(25-18)12-6-3-2-4-7-12/h5,8-10,12H,2-4,6-7,11H2,1H3,(H,19,24)(H,20,23). The van der Waals surface area contributed by atoms with Gasteiger partial charge in [0.2, 0.25) is 11.8 Å². The molecule has 1 aliphatic rings. The minimum atomic E-state index is -0.198. The summed E-state index contributed by atoms with van der Waals surface area (Å²) in [6, 6.07) is 6.79. The molecule has 0 saturated heterocycles. The van der Waals surface area contributed by atoms with Crippen molar-refractivity contribution in [3.8, 4) is 0 Å². The number of thioether (sulfide) groups is 1. The minimum absolute atomic E-state index is 0.163. The molecule has 1 heterocycles. The van der Waals surface area contributed by atoms with Crippen LogP contribution in [0.2, 0.25) is 0 Å². The average Bonchev–Trinajstić information content (AvgIpc) is 3.16. The second-order valence-electron chi connectivity index (χ2n) is 6.24. The molecule has 1 aromatic carbocycles. The third-order valence-electron chi connectivity index (χ3n) is 4.34. The summed E-state index contributed by atoms with van der Waals surface area (Å²) in [4.78, 5) is 23.8. The number of nitrogens with zero attached hydrogens (tertiary/aromatic N) is 2. The van der Waals surface area contributed by atoms with Gasteiger partial charge in [0, 0.05) is 24.2 Å². The smallest absolute Gasteiger partial charge is 0.277 e. The van der Waals surface area contributed by atoms with Crippen LogP contribution >= 0.6 is 11.8 Å². The van der Waals surface area contributed by atoms with Crippen molar-refractivity contribution < 1.29 is 14.0 Å². The maximum atomic E-state index is 12.1. The first-order valence-electron chi connectivity index (χ1n) is 8.74. The van der Waals surface area contributed by atoms with E-state index in [1.54, 1.807) is 31.3 Å². The van der Waals surface area contributed by atoms with Crippen LogP contribution in [0.5, 0.6) is 0 Å². The quantitative estimate of drug-likeness (QED) is 0.754. The maximum Gasteiger partial charge on any atom is 0.277 e. The molecule has 0 atom stereocenters. The fourth-order valence-corrected chi connectivity index (χ4v) is 3.57.